The second-order valence-electron chi connectivity index (χ2n) is 4.26. The van der Waals surface area contributed by atoms with Gasteiger partial charge in [-0.05, 0) is 23.8 Å². The van der Waals surface area contributed by atoms with Crippen molar-refractivity contribution in [3.63, 3.8) is 0 Å². The van der Waals surface area contributed by atoms with Crippen molar-refractivity contribution in [2.24, 2.45) is 0 Å². The van der Waals surface area contributed by atoms with Crippen molar-refractivity contribution in [2.45, 2.75) is 10.6 Å². The summed E-state index contributed by atoms with van der Waals surface area (Å²) in [5, 5.41) is 10.7. The molecule has 2 aromatic carbocycles. The van der Waals surface area contributed by atoms with Gasteiger partial charge < -0.3 is 5.73 Å². The van der Waals surface area contributed by atoms with E-state index >= 15 is 0 Å². The number of nitrogens with zero attached hydrogens (tertiary/aromatic N) is 1. The van der Waals surface area contributed by atoms with Crippen LogP contribution < -0.4 is 5.73 Å². The van der Waals surface area contributed by atoms with Gasteiger partial charge in [-0.2, -0.15) is 0 Å². The summed E-state index contributed by atoms with van der Waals surface area (Å²) in [6.07, 6.45) is 0. The molecule has 104 valence electrons. The van der Waals surface area contributed by atoms with E-state index in [9.17, 15) is 18.5 Å². The predicted molar refractivity (Wildman–Crippen MR) is 74.8 cm³/mol. The second kappa shape index (κ2) is 5.30. The number of hydrogen-bond acceptors (Lipinski definition) is 5. The van der Waals surface area contributed by atoms with Crippen molar-refractivity contribution in [1.29, 1.82) is 0 Å². The van der Waals surface area contributed by atoms with Crippen LogP contribution in [0.25, 0.3) is 0 Å². The highest BCUT2D eigenvalue weighted by molar-refractivity contribution is 7.90. The van der Waals surface area contributed by atoms with Crippen molar-refractivity contribution in [3.05, 3.63) is 64.2 Å². The van der Waals surface area contributed by atoms with E-state index in [1.54, 1.807) is 12.1 Å². The summed E-state index contributed by atoms with van der Waals surface area (Å²) in [6, 6.07) is 11.5. The first-order chi connectivity index (χ1) is 9.38. The highest BCUT2D eigenvalue weighted by Crippen LogP contribution is 2.21. The summed E-state index contributed by atoms with van der Waals surface area (Å²) in [4.78, 5) is 10.2. The molecule has 0 aliphatic heterocycles. The maximum atomic E-state index is 12.2. The van der Waals surface area contributed by atoms with Crippen molar-refractivity contribution in [2.75, 3.05) is 5.73 Å². The van der Waals surface area contributed by atoms with Gasteiger partial charge in [0.15, 0.2) is 9.84 Å². The molecule has 0 aliphatic carbocycles. The molecule has 0 bridgehead atoms. The minimum Gasteiger partial charge on any atom is -0.399 e. The lowest BCUT2D eigenvalue weighted by molar-refractivity contribution is -0.384. The SMILES string of the molecule is Nc1cccc(S(=O)(=O)Cc2cccc([N+](=O)[O-])c2)c1. The summed E-state index contributed by atoms with van der Waals surface area (Å²) in [5.41, 5.74) is 6.14. The summed E-state index contributed by atoms with van der Waals surface area (Å²) in [6.45, 7) is 0. The van der Waals surface area contributed by atoms with Crippen molar-refractivity contribution in [1.82, 2.24) is 0 Å². The molecule has 7 heteroatoms. The quantitative estimate of drug-likeness (QED) is 0.528. The summed E-state index contributed by atoms with van der Waals surface area (Å²) >= 11 is 0. The number of sulfone groups is 1. The molecule has 6 nitrogen and oxygen atoms in total. The third-order valence-corrected chi connectivity index (χ3v) is 4.38. The first-order valence-electron chi connectivity index (χ1n) is 5.70. The molecule has 0 aliphatic rings. The Morgan fingerprint density at radius 3 is 2.45 bits per heavy atom. The molecule has 0 radical (unpaired) electrons. The first-order valence-corrected chi connectivity index (χ1v) is 7.35. The molecule has 2 aromatic rings. The molecular weight excluding hydrogens is 280 g/mol. The number of nitro benzene ring substituents is 1. The highest BCUT2D eigenvalue weighted by atomic mass is 32.2. The van der Waals surface area contributed by atoms with Gasteiger partial charge in [0.25, 0.3) is 5.69 Å². The standard InChI is InChI=1S/C13H12N2O4S/c14-11-4-2-6-13(8-11)20(18,19)9-10-3-1-5-12(7-10)15(16)17/h1-8H,9,14H2. The molecule has 0 atom stereocenters. The Labute approximate surface area is 115 Å². The van der Waals surface area contributed by atoms with E-state index in [1.165, 1.54) is 36.4 Å². The fourth-order valence-corrected chi connectivity index (χ4v) is 3.16. The van der Waals surface area contributed by atoms with Gasteiger partial charge in [0.1, 0.15) is 0 Å². The van der Waals surface area contributed by atoms with Gasteiger partial charge in [-0.25, -0.2) is 8.42 Å². The van der Waals surface area contributed by atoms with E-state index in [1.807, 2.05) is 0 Å². The number of hydrogen-bond donors (Lipinski definition) is 1. The van der Waals surface area contributed by atoms with Crippen LogP contribution in [0.2, 0.25) is 0 Å². The summed E-state index contributed by atoms with van der Waals surface area (Å²) in [7, 11) is -3.58. The molecule has 0 heterocycles. The lowest BCUT2D eigenvalue weighted by Gasteiger charge is -2.05. The largest absolute Gasteiger partial charge is 0.399 e. The zero-order valence-electron chi connectivity index (χ0n) is 10.4. The van der Waals surface area contributed by atoms with E-state index in [2.05, 4.69) is 0 Å². The number of rotatable bonds is 4. The molecule has 0 saturated carbocycles. The fourth-order valence-electron chi connectivity index (χ4n) is 1.77. The Kier molecular flexibility index (Phi) is 3.71. The van der Waals surface area contributed by atoms with Crippen LogP contribution in [0.3, 0.4) is 0 Å². The smallest absolute Gasteiger partial charge is 0.269 e. The number of nitrogens with two attached hydrogens (primary N) is 1. The van der Waals surface area contributed by atoms with Gasteiger partial charge >= 0.3 is 0 Å². The van der Waals surface area contributed by atoms with Crippen LogP contribution in [0, 0.1) is 10.1 Å². The molecule has 0 saturated heterocycles. The molecule has 2 N–H and O–H groups in total. The van der Waals surface area contributed by atoms with Crippen LogP contribution in [0.1, 0.15) is 5.56 Å². The lowest BCUT2D eigenvalue weighted by atomic mass is 10.2. The number of nitrogen functional groups attached to an aromatic ring is 1. The number of non-ortho nitro benzene ring substituents is 1. The molecule has 0 amide bonds. The summed E-state index contributed by atoms with van der Waals surface area (Å²) < 4.78 is 24.4. The fraction of sp³-hybridized carbons (Fsp3) is 0.0769. The molecule has 2 rings (SSSR count). The monoisotopic (exact) mass is 292 g/mol. The second-order valence-corrected chi connectivity index (χ2v) is 6.25. The maximum absolute atomic E-state index is 12.2. The van der Waals surface area contributed by atoms with E-state index in [-0.39, 0.29) is 16.3 Å². The zero-order valence-corrected chi connectivity index (χ0v) is 11.2. The van der Waals surface area contributed by atoms with E-state index < -0.39 is 14.8 Å². The van der Waals surface area contributed by atoms with Crippen molar-refractivity contribution >= 4 is 21.2 Å². The minimum absolute atomic E-state index is 0.101. The van der Waals surface area contributed by atoms with Crippen LogP contribution in [0.5, 0.6) is 0 Å². The third-order valence-electron chi connectivity index (χ3n) is 2.70. The Hall–Kier alpha value is -2.41. The zero-order chi connectivity index (χ0) is 14.8. The van der Waals surface area contributed by atoms with Crippen LogP contribution in [0.4, 0.5) is 11.4 Å². The average molecular weight is 292 g/mol. The molecule has 0 aromatic heterocycles. The van der Waals surface area contributed by atoms with Crippen LogP contribution in [-0.2, 0) is 15.6 Å². The molecular formula is C13H12N2O4S. The number of benzene rings is 2. The molecule has 0 fully saturated rings. The van der Waals surface area contributed by atoms with E-state index in [4.69, 9.17) is 5.73 Å². The van der Waals surface area contributed by atoms with Gasteiger partial charge in [-0.1, -0.05) is 18.2 Å². The van der Waals surface area contributed by atoms with Gasteiger partial charge in [-0.15, -0.1) is 0 Å². The normalized spacial score (nSPS) is 11.2. The topological polar surface area (TPSA) is 103 Å². The Bertz CT molecular complexity index is 756. The van der Waals surface area contributed by atoms with Crippen molar-refractivity contribution in [3.8, 4) is 0 Å². The van der Waals surface area contributed by atoms with Crippen LogP contribution in [0.15, 0.2) is 53.4 Å². The predicted octanol–water partition coefficient (Wildman–Crippen LogP) is 2.15. The third kappa shape index (κ3) is 3.12. The Morgan fingerprint density at radius 1 is 1.10 bits per heavy atom. The van der Waals surface area contributed by atoms with Gasteiger partial charge in [-0.3, -0.25) is 10.1 Å². The van der Waals surface area contributed by atoms with Crippen molar-refractivity contribution < 1.29 is 13.3 Å². The highest BCUT2D eigenvalue weighted by Gasteiger charge is 2.17. The molecule has 0 unspecified atom stereocenters. The van der Waals surface area contributed by atoms with Gasteiger partial charge in [0.05, 0.1) is 15.6 Å². The molecule has 0 spiro atoms. The van der Waals surface area contributed by atoms with E-state index in [0.717, 1.165) is 0 Å². The number of nitro groups is 1. The average Bonchev–Trinajstić information content (AvgIpc) is 2.38. The van der Waals surface area contributed by atoms with Gasteiger partial charge in [0.2, 0.25) is 0 Å². The minimum atomic E-state index is -3.58. The molecule has 20 heavy (non-hydrogen) atoms. The van der Waals surface area contributed by atoms with Crippen LogP contribution >= 0.6 is 0 Å². The Morgan fingerprint density at radius 2 is 1.80 bits per heavy atom. The van der Waals surface area contributed by atoms with Crippen LogP contribution in [-0.4, -0.2) is 13.3 Å². The van der Waals surface area contributed by atoms with Gasteiger partial charge in [0, 0.05) is 17.8 Å². The first kappa shape index (κ1) is 14.0. The number of anilines is 1. The maximum Gasteiger partial charge on any atom is 0.269 e. The summed E-state index contributed by atoms with van der Waals surface area (Å²) in [5.74, 6) is -0.307. The Balaban J connectivity index is 2.33. The lowest BCUT2D eigenvalue weighted by Crippen LogP contribution is -2.05. The van der Waals surface area contributed by atoms with E-state index in [0.29, 0.717) is 11.3 Å².